The van der Waals surface area contributed by atoms with Gasteiger partial charge in [-0.2, -0.15) is 0 Å². The van der Waals surface area contributed by atoms with Crippen molar-refractivity contribution < 1.29 is 9.47 Å². The van der Waals surface area contributed by atoms with Crippen molar-refractivity contribution in [1.82, 2.24) is 0 Å². The Hall–Kier alpha value is -2.16. The second-order valence-corrected chi connectivity index (χ2v) is 5.34. The van der Waals surface area contributed by atoms with Gasteiger partial charge in [0, 0.05) is 0 Å². The van der Waals surface area contributed by atoms with Crippen LogP contribution in [0.1, 0.15) is 30.9 Å². The first kappa shape index (κ1) is 13.8. The molecule has 0 unspecified atom stereocenters. The zero-order chi connectivity index (χ0) is 14.7. The van der Waals surface area contributed by atoms with Gasteiger partial charge in [0.2, 0.25) is 0 Å². The van der Waals surface area contributed by atoms with Crippen molar-refractivity contribution in [3.8, 4) is 17.2 Å². The summed E-state index contributed by atoms with van der Waals surface area (Å²) in [4.78, 5) is 0. The van der Waals surface area contributed by atoms with Crippen molar-refractivity contribution >= 4 is 5.69 Å². The fourth-order valence-corrected chi connectivity index (χ4v) is 2.79. The molecule has 3 rings (SSSR count). The second-order valence-electron chi connectivity index (χ2n) is 5.34. The monoisotopic (exact) mass is 283 g/mol. The molecule has 2 N–H and O–H groups in total. The van der Waals surface area contributed by atoms with Crippen molar-refractivity contribution in [2.45, 2.75) is 32.6 Å². The summed E-state index contributed by atoms with van der Waals surface area (Å²) in [6.07, 6.45) is 4.87. The van der Waals surface area contributed by atoms with Gasteiger partial charge in [-0.05, 0) is 68.0 Å². The van der Waals surface area contributed by atoms with E-state index in [2.05, 4.69) is 12.1 Å². The van der Waals surface area contributed by atoms with Gasteiger partial charge >= 0.3 is 0 Å². The largest absolute Gasteiger partial charge is 0.492 e. The van der Waals surface area contributed by atoms with Crippen LogP contribution in [0.4, 0.5) is 5.69 Å². The molecule has 0 spiro atoms. The first-order valence-corrected chi connectivity index (χ1v) is 7.59. The summed E-state index contributed by atoms with van der Waals surface area (Å²) < 4.78 is 11.5. The van der Waals surface area contributed by atoms with Crippen LogP contribution >= 0.6 is 0 Å². The van der Waals surface area contributed by atoms with Gasteiger partial charge in [-0.25, -0.2) is 0 Å². The van der Waals surface area contributed by atoms with E-state index in [-0.39, 0.29) is 0 Å². The number of rotatable bonds is 4. The number of hydrogen-bond donors (Lipinski definition) is 1. The SMILES string of the molecule is CCOc1cccc(Oc2ccc3c(c2)CCCC3)c1N. The summed E-state index contributed by atoms with van der Waals surface area (Å²) in [6.45, 7) is 2.53. The molecule has 0 atom stereocenters. The summed E-state index contributed by atoms with van der Waals surface area (Å²) in [6, 6.07) is 12.0. The molecule has 0 saturated carbocycles. The smallest absolute Gasteiger partial charge is 0.154 e. The summed E-state index contributed by atoms with van der Waals surface area (Å²) in [5.74, 6) is 2.17. The molecule has 110 valence electrons. The Labute approximate surface area is 125 Å². The fourth-order valence-electron chi connectivity index (χ4n) is 2.79. The molecule has 3 heteroatoms. The minimum atomic E-state index is 0.553. The van der Waals surface area contributed by atoms with E-state index in [9.17, 15) is 0 Å². The zero-order valence-corrected chi connectivity index (χ0v) is 12.4. The number of aryl methyl sites for hydroxylation is 2. The van der Waals surface area contributed by atoms with Gasteiger partial charge in [0.15, 0.2) is 5.75 Å². The highest BCUT2D eigenvalue weighted by molar-refractivity contribution is 5.63. The highest BCUT2D eigenvalue weighted by Gasteiger charge is 2.12. The summed E-state index contributed by atoms with van der Waals surface area (Å²) >= 11 is 0. The number of fused-ring (bicyclic) bond motifs is 1. The second kappa shape index (κ2) is 6.08. The normalized spacial score (nSPS) is 13.6. The van der Waals surface area contributed by atoms with E-state index in [1.807, 2.05) is 31.2 Å². The maximum Gasteiger partial charge on any atom is 0.154 e. The summed E-state index contributed by atoms with van der Waals surface area (Å²) in [5.41, 5.74) is 9.51. The Morgan fingerprint density at radius 3 is 2.57 bits per heavy atom. The van der Waals surface area contributed by atoms with Crippen LogP contribution in [0, 0.1) is 0 Å². The van der Waals surface area contributed by atoms with Gasteiger partial charge in [-0.3, -0.25) is 0 Å². The van der Waals surface area contributed by atoms with Crippen molar-refractivity contribution in [2.24, 2.45) is 0 Å². The van der Waals surface area contributed by atoms with E-state index in [4.69, 9.17) is 15.2 Å². The molecule has 0 bridgehead atoms. The van der Waals surface area contributed by atoms with E-state index in [0.717, 1.165) is 12.2 Å². The van der Waals surface area contributed by atoms with Gasteiger partial charge in [-0.15, -0.1) is 0 Å². The van der Waals surface area contributed by atoms with Crippen LogP contribution < -0.4 is 15.2 Å². The average molecular weight is 283 g/mol. The number of para-hydroxylation sites is 1. The predicted molar refractivity (Wildman–Crippen MR) is 85.2 cm³/mol. The van der Waals surface area contributed by atoms with E-state index < -0.39 is 0 Å². The van der Waals surface area contributed by atoms with Crippen LogP contribution in [0.5, 0.6) is 17.2 Å². The molecule has 0 aromatic heterocycles. The van der Waals surface area contributed by atoms with Gasteiger partial charge in [-0.1, -0.05) is 12.1 Å². The fraction of sp³-hybridized carbons (Fsp3) is 0.333. The van der Waals surface area contributed by atoms with Crippen LogP contribution in [0.25, 0.3) is 0 Å². The Kier molecular flexibility index (Phi) is 4.00. The molecule has 1 aliphatic carbocycles. The molecule has 2 aromatic carbocycles. The molecule has 2 aromatic rings. The lowest BCUT2D eigenvalue weighted by atomic mass is 9.92. The van der Waals surface area contributed by atoms with E-state index in [1.54, 1.807) is 0 Å². The molecule has 0 saturated heterocycles. The first-order valence-electron chi connectivity index (χ1n) is 7.59. The average Bonchev–Trinajstić information content (AvgIpc) is 2.51. The number of ether oxygens (including phenoxy) is 2. The molecule has 0 fully saturated rings. The highest BCUT2D eigenvalue weighted by Crippen LogP contribution is 2.35. The molecule has 0 amide bonds. The Balaban J connectivity index is 1.85. The number of anilines is 1. The van der Waals surface area contributed by atoms with Gasteiger partial charge < -0.3 is 15.2 Å². The molecular formula is C18H21NO2. The molecular weight excluding hydrogens is 262 g/mol. The quantitative estimate of drug-likeness (QED) is 0.849. The zero-order valence-electron chi connectivity index (χ0n) is 12.4. The number of benzene rings is 2. The van der Waals surface area contributed by atoms with Crippen molar-refractivity contribution in [3.05, 3.63) is 47.5 Å². The van der Waals surface area contributed by atoms with Crippen molar-refractivity contribution in [3.63, 3.8) is 0 Å². The number of nitrogen functional groups attached to an aromatic ring is 1. The van der Waals surface area contributed by atoms with Crippen LogP contribution in [-0.2, 0) is 12.8 Å². The lowest BCUT2D eigenvalue weighted by Crippen LogP contribution is -2.03. The van der Waals surface area contributed by atoms with Gasteiger partial charge in [0.1, 0.15) is 17.2 Å². The maximum atomic E-state index is 6.11. The standard InChI is InChI=1S/C18H21NO2/c1-2-20-16-8-5-9-17(18(16)19)21-15-11-10-13-6-3-4-7-14(13)12-15/h5,8-12H,2-4,6-7,19H2,1H3. The Bertz CT molecular complexity index is 637. The molecule has 0 heterocycles. The molecule has 0 radical (unpaired) electrons. The first-order chi connectivity index (χ1) is 10.3. The maximum absolute atomic E-state index is 6.11. The highest BCUT2D eigenvalue weighted by atomic mass is 16.5. The van der Waals surface area contributed by atoms with Crippen LogP contribution in [0.2, 0.25) is 0 Å². The number of nitrogens with two attached hydrogens (primary N) is 1. The van der Waals surface area contributed by atoms with Crippen molar-refractivity contribution in [2.75, 3.05) is 12.3 Å². The van der Waals surface area contributed by atoms with Crippen LogP contribution in [-0.4, -0.2) is 6.61 Å². The summed E-state index contributed by atoms with van der Waals surface area (Å²) in [7, 11) is 0. The topological polar surface area (TPSA) is 44.5 Å². The molecule has 1 aliphatic rings. The molecule has 3 nitrogen and oxygen atoms in total. The third-order valence-electron chi connectivity index (χ3n) is 3.87. The van der Waals surface area contributed by atoms with Crippen molar-refractivity contribution in [1.29, 1.82) is 0 Å². The third-order valence-corrected chi connectivity index (χ3v) is 3.87. The van der Waals surface area contributed by atoms with E-state index >= 15 is 0 Å². The lowest BCUT2D eigenvalue weighted by molar-refractivity contribution is 0.340. The third kappa shape index (κ3) is 2.97. The van der Waals surface area contributed by atoms with Gasteiger partial charge in [0.25, 0.3) is 0 Å². The lowest BCUT2D eigenvalue weighted by Gasteiger charge is -2.17. The summed E-state index contributed by atoms with van der Waals surface area (Å²) in [5, 5.41) is 0. The van der Waals surface area contributed by atoms with E-state index in [0.29, 0.717) is 23.8 Å². The van der Waals surface area contributed by atoms with Crippen LogP contribution in [0.15, 0.2) is 36.4 Å². The Morgan fingerprint density at radius 2 is 1.76 bits per heavy atom. The molecule has 21 heavy (non-hydrogen) atoms. The number of hydrogen-bond acceptors (Lipinski definition) is 3. The minimum Gasteiger partial charge on any atom is -0.492 e. The predicted octanol–water partition coefficient (Wildman–Crippen LogP) is 4.34. The molecule has 0 aliphatic heterocycles. The Morgan fingerprint density at radius 1 is 1.00 bits per heavy atom. The van der Waals surface area contributed by atoms with Crippen LogP contribution in [0.3, 0.4) is 0 Å². The minimum absolute atomic E-state index is 0.553. The van der Waals surface area contributed by atoms with E-state index in [1.165, 1.54) is 30.4 Å². The van der Waals surface area contributed by atoms with Gasteiger partial charge in [0.05, 0.1) is 6.61 Å².